The molecule has 2 nitrogen and oxygen atoms in total. The van der Waals surface area contributed by atoms with Crippen LogP contribution in [0.25, 0.3) is 0 Å². The van der Waals surface area contributed by atoms with Crippen LogP contribution in [0.15, 0.2) is 18.2 Å². The summed E-state index contributed by atoms with van der Waals surface area (Å²) in [5, 5.41) is 3.03. The molecule has 82 valence electrons. The van der Waals surface area contributed by atoms with Gasteiger partial charge < -0.3 is 5.32 Å². The van der Waals surface area contributed by atoms with Gasteiger partial charge in [0.2, 0.25) is 0 Å². The first-order chi connectivity index (χ1) is 6.79. The monoisotopic (exact) mass is 209 g/mol. The van der Waals surface area contributed by atoms with Crippen LogP contribution in [-0.4, -0.2) is 11.3 Å². The van der Waals surface area contributed by atoms with Crippen LogP contribution in [0.4, 0.5) is 10.1 Å². The molecule has 15 heavy (non-hydrogen) atoms. The molecule has 0 bridgehead atoms. The van der Waals surface area contributed by atoms with Gasteiger partial charge in [0.05, 0.1) is 5.69 Å². The first-order valence-corrected chi connectivity index (χ1v) is 4.88. The van der Waals surface area contributed by atoms with Crippen molar-refractivity contribution in [2.45, 2.75) is 33.2 Å². The largest absolute Gasteiger partial charge is 0.378 e. The smallest absolute Gasteiger partial charge is 0.159 e. The van der Waals surface area contributed by atoms with Gasteiger partial charge in [-0.2, -0.15) is 0 Å². The van der Waals surface area contributed by atoms with Crippen LogP contribution < -0.4 is 5.32 Å². The van der Waals surface area contributed by atoms with Gasteiger partial charge in [0.1, 0.15) is 5.82 Å². The highest BCUT2D eigenvalue weighted by Gasteiger charge is 2.13. The number of rotatable bonds is 2. The number of carbonyl (C=O) groups excluding carboxylic acids is 1. The number of halogens is 1. The average Bonchev–Trinajstić information content (AvgIpc) is 2.05. The zero-order valence-electron chi connectivity index (χ0n) is 9.52. The van der Waals surface area contributed by atoms with Crippen LogP contribution >= 0.6 is 0 Å². The van der Waals surface area contributed by atoms with E-state index in [0.29, 0.717) is 11.3 Å². The highest BCUT2D eigenvalue weighted by atomic mass is 19.1. The van der Waals surface area contributed by atoms with E-state index >= 15 is 0 Å². The zero-order valence-corrected chi connectivity index (χ0v) is 9.52. The molecule has 0 radical (unpaired) electrons. The number of carbonyl (C=O) groups is 1. The van der Waals surface area contributed by atoms with Crippen LogP contribution in [0.3, 0.4) is 0 Å². The summed E-state index contributed by atoms with van der Waals surface area (Å²) in [5.74, 6) is -0.520. The Morgan fingerprint density at radius 2 is 1.93 bits per heavy atom. The van der Waals surface area contributed by atoms with Gasteiger partial charge in [0.25, 0.3) is 0 Å². The van der Waals surface area contributed by atoms with Crippen LogP contribution in [-0.2, 0) is 0 Å². The van der Waals surface area contributed by atoms with Crippen molar-refractivity contribution in [2.75, 3.05) is 5.32 Å². The minimum atomic E-state index is -0.391. The fourth-order valence-corrected chi connectivity index (χ4v) is 1.24. The summed E-state index contributed by atoms with van der Waals surface area (Å²) in [7, 11) is 0. The van der Waals surface area contributed by atoms with E-state index < -0.39 is 5.82 Å². The quantitative estimate of drug-likeness (QED) is 0.757. The third-order valence-electron chi connectivity index (χ3n) is 1.89. The van der Waals surface area contributed by atoms with Crippen molar-refractivity contribution in [3.63, 3.8) is 0 Å². The predicted molar refractivity (Wildman–Crippen MR) is 59.8 cm³/mol. The molecule has 0 spiro atoms. The molecular formula is C12H16FNO. The lowest BCUT2D eigenvalue weighted by Gasteiger charge is -2.22. The lowest BCUT2D eigenvalue weighted by atomic mass is 10.1. The van der Waals surface area contributed by atoms with Crippen molar-refractivity contribution in [1.82, 2.24) is 0 Å². The Labute approximate surface area is 89.5 Å². The van der Waals surface area contributed by atoms with Gasteiger partial charge in [0.15, 0.2) is 5.78 Å². The molecule has 0 atom stereocenters. The van der Waals surface area contributed by atoms with Gasteiger partial charge in [0, 0.05) is 11.1 Å². The third-order valence-corrected chi connectivity index (χ3v) is 1.89. The maximum absolute atomic E-state index is 13.5. The standard InChI is InChI=1S/C12H16FNO/c1-8(15)9-5-6-11(10(13)7-9)14-12(2,3)4/h5-7,14H,1-4H3. The molecule has 1 aromatic rings. The summed E-state index contributed by atoms with van der Waals surface area (Å²) in [5.41, 5.74) is 0.623. The molecule has 0 aliphatic heterocycles. The molecule has 3 heteroatoms. The van der Waals surface area contributed by atoms with Crippen molar-refractivity contribution in [1.29, 1.82) is 0 Å². The Bertz CT molecular complexity index is 380. The Morgan fingerprint density at radius 3 is 2.33 bits per heavy atom. The maximum atomic E-state index is 13.5. The Kier molecular flexibility index (Phi) is 3.12. The normalized spacial score (nSPS) is 11.3. The summed E-state index contributed by atoms with van der Waals surface area (Å²) in [6, 6.07) is 4.48. The van der Waals surface area contributed by atoms with E-state index in [2.05, 4.69) is 5.32 Å². The third kappa shape index (κ3) is 3.35. The van der Waals surface area contributed by atoms with Gasteiger partial charge >= 0.3 is 0 Å². The molecule has 0 aromatic heterocycles. The van der Waals surface area contributed by atoms with Gasteiger partial charge in [-0.1, -0.05) is 0 Å². The van der Waals surface area contributed by atoms with Crippen LogP contribution in [0.1, 0.15) is 38.1 Å². The van der Waals surface area contributed by atoms with Crippen molar-refractivity contribution in [3.05, 3.63) is 29.6 Å². The molecule has 0 fully saturated rings. The molecule has 1 N–H and O–H groups in total. The van der Waals surface area contributed by atoms with E-state index in [9.17, 15) is 9.18 Å². The first kappa shape index (κ1) is 11.7. The van der Waals surface area contributed by atoms with Crippen LogP contribution in [0, 0.1) is 5.82 Å². The Hall–Kier alpha value is -1.38. The lowest BCUT2D eigenvalue weighted by molar-refractivity contribution is 0.101. The predicted octanol–water partition coefficient (Wildman–Crippen LogP) is 3.24. The number of anilines is 1. The van der Waals surface area contributed by atoms with Crippen molar-refractivity contribution in [3.8, 4) is 0 Å². The summed E-state index contributed by atoms with van der Waals surface area (Å²) in [6.07, 6.45) is 0. The number of nitrogens with one attached hydrogen (secondary N) is 1. The van der Waals surface area contributed by atoms with E-state index in [1.54, 1.807) is 12.1 Å². The number of hydrogen-bond donors (Lipinski definition) is 1. The highest BCUT2D eigenvalue weighted by molar-refractivity contribution is 5.94. The first-order valence-electron chi connectivity index (χ1n) is 4.88. The van der Waals surface area contributed by atoms with Gasteiger partial charge in [-0.05, 0) is 45.9 Å². The number of benzene rings is 1. The van der Waals surface area contributed by atoms with E-state index in [1.165, 1.54) is 13.0 Å². The number of ketones is 1. The molecule has 1 aromatic carbocycles. The number of Topliss-reactive ketones (excluding diaryl/α,β-unsaturated/α-hetero) is 1. The summed E-state index contributed by atoms with van der Waals surface area (Å²) >= 11 is 0. The average molecular weight is 209 g/mol. The Balaban J connectivity index is 2.99. The molecular weight excluding hydrogens is 193 g/mol. The maximum Gasteiger partial charge on any atom is 0.159 e. The molecule has 0 saturated carbocycles. The molecule has 1 rings (SSSR count). The van der Waals surface area contributed by atoms with Gasteiger partial charge in [-0.15, -0.1) is 0 Å². The molecule has 0 unspecified atom stereocenters. The second kappa shape index (κ2) is 4.01. The SMILES string of the molecule is CC(=O)c1ccc(NC(C)(C)C)c(F)c1. The zero-order chi connectivity index (χ0) is 11.6. The summed E-state index contributed by atoms with van der Waals surface area (Å²) in [4.78, 5) is 11.0. The lowest BCUT2D eigenvalue weighted by Crippen LogP contribution is -2.26. The fraction of sp³-hybridized carbons (Fsp3) is 0.417. The minimum absolute atomic E-state index is 0.129. The van der Waals surface area contributed by atoms with E-state index in [1.807, 2.05) is 20.8 Å². The van der Waals surface area contributed by atoms with Crippen LogP contribution in [0.5, 0.6) is 0 Å². The molecule has 0 saturated heterocycles. The highest BCUT2D eigenvalue weighted by Crippen LogP contribution is 2.20. The number of hydrogen-bond acceptors (Lipinski definition) is 2. The second-order valence-corrected chi connectivity index (χ2v) is 4.63. The summed E-state index contributed by atoms with van der Waals surface area (Å²) in [6.45, 7) is 7.27. The topological polar surface area (TPSA) is 29.1 Å². The minimum Gasteiger partial charge on any atom is -0.378 e. The van der Waals surface area contributed by atoms with Crippen LogP contribution in [0.2, 0.25) is 0 Å². The van der Waals surface area contributed by atoms with Crippen molar-refractivity contribution >= 4 is 11.5 Å². The Morgan fingerprint density at radius 1 is 1.33 bits per heavy atom. The molecule has 0 amide bonds. The second-order valence-electron chi connectivity index (χ2n) is 4.63. The molecule has 0 aliphatic rings. The van der Waals surface area contributed by atoms with Crippen molar-refractivity contribution < 1.29 is 9.18 Å². The van der Waals surface area contributed by atoms with Gasteiger partial charge in [-0.3, -0.25) is 4.79 Å². The molecule has 0 heterocycles. The summed E-state index contributed by atoms with van der Waals surface area (Å²) < 4.78 is 13.5. The van der Waals surface area contributed by atoms with E-state index in [0.717, 1.165) is 0 Å². The van der Waals surface area contributed by atoms with E-state index in [-0.39, 0.29) is 11.3 Å². The van der Waals surface area contributed by atoms with Gasteiger partial charge in [-0.25, -0.2) is 4.39 Å². The molecule has 0 aliphatic carbocycles. The van der Waals surface area contributed by atoms with Crippen molar-refractivity contribution in [2.24, 2.45) is 0 Å². The van der Waals surface area contributed by atoms with E-state index in [4.69, 9.17) is 0 Å². The fourth-order valence-electron chi connectivity index (χ4n) is 1.24.